The van der Waals surface area contributed by atoms with Crippen molar-refractivity contribution in [2.45, 2.75) is 20.5 Å². The van der Waals surface area contributed by atoms with Crippen LogP contribution < -0.4 is 10.1 Å². The average Bonchev–Trinajstić information content (AvgIpc) is 2.48. The van der Waals surface area contributed by atoms with E-state index in [0.29, 0.717) is 11.6 Å². The number of hydrogen-bond acceptors (Lipinski definition) is 3. The van der Waals surface area contributed by atoms with Gasteiger partial charge in [-0.1, -0.05) is 35.4 Å². The highest BCUT2D eigenvalue weighted by molar-refractivity contribution is 7.80. The Balaban J connectivity index is 2.16. The molecule has 2 rings (SSSR count). The SMILES string of the molecule is COC(=S)Nc1cc(Cl)ccc1COc1ccc(C)cc1C. The van der Waals surface area contributed by atoms with E-state index in [1.54, 1.807) is 6.07 Å². The Morgan fingerprint density at radius 3 is 2.64 bits per heavy atom. The first kappa shape index (κ1) is 16.6. The van der Waals surface area contributed by atoms with Crippen LogP contribution in [0.4, 0.5) is 5.69 Å². The molecule has 0 saturated heterocycles. The summed E-state index contributed by atoms with van der Waals surface area (Å²) in [4.78, 5) is 0. The molecule has 0 atom stereocenters. The Morgan fingerprint density at radius 1 is 1.18 bits per heavy atom. The lowest BCUT2D eigenvalue weighted by Gasteiger charge is -2.14. The summed E-state index contributed by atoms with van der Waals surface area (Å²) in [5.74, 6) is 0.862. The number of anilines is 1. The molecule has 0 saturated carbocycles. The first-order valence-electron chi connectivity index (χ1n) is 6.83. The first-order chi connectivity index (χ1) is 10.5. The molecule has 0 heterocycles. The summed E-state index contributed by atoms with van der Waals surface area (Å²) in [6.07, 6.45) is 0. The standard InChI is InChI=1S/C17H18ClNO2S/c1-11-4-7-16(12(2)8-11)21-10-13-5-6-14(18)9-15(13)19-17(22)20-3/h4-9H,10H2,1-3H3,(H,19,22). The van der Waals surface area contributed by atoms with E-state index in [2.05, 4.69) is 18.3 Å². The molecule has 1 N–H and O–H groups in total. The molecule has 22 heavy (non-hydrogen) atoms. The molecule has 0 aliphatic heterocycles. The van der Waals surface area contributed by atoms with Gasteiger partial charge in [-0.25, -0.2) is 0 Å². The molecular weight excluding hydrogens is 318 g/mol. The van der Waals surface area contributed by atoms with E-state index in [-0.39, 0.29) is 5.17 Å². The highest BCUT2D eigenvalue weighted by Crippen LogP contribution is 2.25. The van der Waals surface area contributed by atoms with Crippen LogP contribution in [0.15, 0.2) is 36.4 Å². The zero-order chi connectivity index (χ0) is 16.1. The van der Waals surface area contributed by atoms with Crippen molar-refractivity contribution in [3.05, 3.63) is 58.1 Å². The van der Waals surface area contributed by atoms with Gasteiger partial charge in [0.15, 0.2) is 0 Å². The molecule has 116 valence electrons. The third-order valence-corrected chi connectivity index (χ3v) is 3.71. The molecule has 0 aromatic heterocycles. The van der Waals surface area contributed by atoms with Gasteiger partial charge in [0.05, 0.1) is 7.11 Å². The third kappa shape index (κ3) is 4.36. The highest BCUT2D eigenvalue weighted by Gasteiger charge is 2.08. The molecule has 3 nitrogen and oxygen atoms in total. The third-order valence-electron chi connectivity index (χ3n) is 3.21. The first-order valence-corrected chi connectivity index (χ1v) is 7.61. The molecule has 0 aliphatic rings. The fourth-order valence-electron chi connectivity index (χ4n) is 2.07. The molecule has 0 radical (unpaired) electrons. The summed E-state index contributed by atoms with van der Waals surface area (Å²) in [5, 5.41) is 3.91. The Hall–Kier alpha value is -1.78. The zero-order valence-electron chi connectivity index (χ0n) is 12.8. The van der Waals surface area contributed by atoms with Crippen LogP contribution in [0.25, 0.3) is 0 Å². The van der Waals surface area contributed by atoms with Gasteiger partial charge in [0.1, 0.15) is 12.4 Å². The number of thiocarbonyl (C=S) groups is 1. The molecule has 0 fully saturated rings. The summed E-state index contributed by atoms with van der Waals surface area (Å²) in [7, 11) is 1.52. The van der Waals surface area contributed by atoms with Crippen LogP contribution >= 0.6 is 23.8 Å². The van der Waals surface area contributed by atoms with Crippen molar-refractivity contribution in [3.8, 4) is 5.75 Å². The Morgan fingerprint density at radius 2 is 1.95 bits per heavy atom. The van der Waals surface area contributed by atoms with Gasteiger partial charge in [-0.2, -0.15) is 0 Å². The lowest BCUT2D eigenvalue weighted by molar-refractivity contribution is 0.304. The van der Waals surface area contributed by atoms with Crippen LogP contribution in [0.5, 0.6) is 5.75 Å². The zero-order valence-corrected chi connectivity index (χ0v) is 14.3. The maximum Gasteiger partial charge on any atom is 0.260 e. The topological polar surface area (TPSA) is 30.5 Å². The van der Waals surface area contributed by atoms with Gasteiger partial charge in [0, 0.05) is 16.3 Å². The quantitative estimate of drug-likeness (QED) is 0.807. The fraction of sp³-hybridized carbons (Fsp3) is 0.235. The lowest BCUT2D eigenvalue weighted by Crippen LogP contribution is -2.13. The van der Waals surface area contributed by atoms with Crippen molar-refractivity contribution in [1.29, 1.82) is 0 Å². The van der Waals surface area contributed by atoms with Gasteiger partial charge >= 0.3 is 0 Å². The maximum atomic E-state index is 6.04. The molecule has 5 heteroatoms. The molecule has 2 aromatic carbocycles. The van der Waals surface area contributed by atoms with Crippen molar-refractivity contribution in [2.75, 3.05) is 12.4 Å². The minimum Gasteiger partial charge on any atom is -0.489 e. The maximum absolute atomic E-state index is 6.04. The number of nitrogens with one attached hydrogen (secondary N) is 1. The predicted octanol–water partition coefficient (Wildman–Crippen LogP) is 4.88. The van der Waals surface area contributed by atoms with E-state index < -0.39 is 0 Å². The highest BCUT2D eigenvalue weighted by atomic mass is 35.5. The molecule has 0 aliphatic carbocycles. The predicted molar refractivity (Wildman–Crippen MR) is 94.9 cm³/mol. The molecule has 0 unspecified atom stereocenters. The van der Waals surface area contributed by atoms with Crippen LogP contribution in [0.3, 0.4) is 0 Å². The van der Waals surface area contributed by atoms with Gasteiger partial charge in [-0.3, -0.25) is 0 Å². The number of methoxy groups -OCH3 is 1. The normalized spacial score (nSPS) is 10.2. The van der Waals surface area contributed by atoms with Crippen molar-refractivity contribution in [3.63, 3.8) is 0 Å². The van der Waals surface area contributed by atoms with Gasteiger partial charge in [-0.05, 0) is 49.8 Å². The summed E-state index contributed by atoms with van der Waals surface area (Å²) in [6, 6.07) is 11.6. The molecule has 0 spiro atoms. The number of rotatable bonds is 4. The van der Waals surface area contributed by atoms with Crippen molar-refractivity contribution >= 4 is 34.7 Å². The number of ether oxygens (including phenoxy) is 2. The van der Waals surface area contributed by atoms with Crippen molar-refractivity contribution < 1.29 is 9.47 Å². The molecule has 0 amide bonds. The van der Waals surface area contributed by atoms with Crippen LogP contribution in [0.2, 0.25) is 5.02 Å². The van der Waals surface area contributed by atoms with Crippen LogP contribution in [0.1, 0.15) is 16.7 Å². The number of halogens is 1. The summed E-state index contributed by atoms with van der Waals surface area (Å²) in [5.41, 5.74) is 4.05. The summed E-state index contributed by atoms with van der Waals surface area (Å²) >= 11 is 11.1. The summed E-state index contributed by atoms with van der Waals surface area (Å²) < 4.78 is 10.9. The summed E-state index contributed by atoms with van der Waals surface area (Å²) in [6.45, 7) is 4.50. The van der Waals surface area contributed by atoms with Gasteiger partial charge < -0.3 is 14.8 Å². The van der Waals surface area contributed by atoms with E-state index in [1.165, 1.54) is 12.7 Å². The van der Waals surface area contributed by atoms with E-state index in [4.69, 9.17) is 33.3 Å². The largest absolute Gasteiger partial charge is 0.489 e. The van der Waals surface area contributed by atoms with Crippen LogP contribution in [-0.2, 0) is 11.3 Å². The van der Waals surface area contributed by atoms with E-state index in [0.717, 1.165) is 22.6 Å². The van der Waals surface area contributed by atoms with E-state index in [9.17, 15) is 0 Å². The van der Waals surface area contributed by atoms with E-state index >= 15 is 0 Å². The van der Waals surface area contributed by atoms with Gasteiger partial charge in [0.25, 0.3) is 5.17 Å². The smallest absolute Gasteiger partial charge is 0.260 e. The van der Waals surface area contributed by atoms with Gasteiger partial charge in [-0.15, -0.1) is 0 Å². The van der Waals surface area contributed by atoms with Crippen molar-refractivity contribution in [1.82, 2.24) is 0 Å². The number of benzene rings is 2. The Kier molecular flexibility index (Phi) is 5.63. The fourth-order valence-corrected chi connectivity index (χ4v) is 2.35. The minimum absolute atomic E-state index is 0.287. The second-order valence-corrected chi connectivity index (χ2v) is 5.78. The van der Waals surface area contributed by atoms with Crippen LogP contribution in [0, 0.1) is 13.8 Å². The number of hydrogen-bond donors (Lipinski definition) is 1. The second-order valence-electron chi connectivity index (χ2n) is 4.98. The molecule has 2 aromatic rings. The van der Waals surface area contributed by atoms with Crippen LogP contribution in [-0.4, -0.2) is 12.3 Å². The lowest BCUT2D eigenvalue weighted by atomic mass is 10.1. The number of aryl methyl sites for hydroxylation is 2. The monoisotopic (exact) mass is 335 g/mol. The molecule has 0 bridgehead atoms. The average molecular weight is 336 g/mol. The van der Waals surface area contributed by atoms with Gasteiger partial charge in [0.2, 0.25) is 0 Å². The minimum atomic E-state index is 0.287. The van der Waals surface area contributed by atoms with E-state index in [1.807, 2.05) is 31.2 Å². The van der Waals surface area contributed by atoms with Crippen molar-refractivity contribution in [2.24, 2.45) is 0 Å². The second kappa shape index (κ2) is 7.47. The molecular formula is C17H18ClNO2S. The Bertz CT molecular complexity index is 688. The Labute approximate surface area is 141 Å².